The van der Waals surface area contributed by atoms with Crippen LogP contribution in [0.15, 0.2) is 0 Å². The van der Waals surface area contributed by atoms with Gasteiger partial charge in [0.1, 0.15) is 0 Å². The quantitative estimate of drug-likeness (QED) is 0.648. The van der Waals surface area contributed by atoms with Crippen molar-refractivity contribution >= 4 is 10.2 Å². The van der Waals surface area contributed by atoms with E-state index in [-0.39, 0.29) is 12.1 Å². The molecule has 0 bridgehead atoms. The number of nitrogens with zero attached hydrogens (tertiary/aromatic N) is 1. The van der Waals surface area contributed by atoms with E-state index >= 15 is 0 Å². The highest BCUT2D eigenvalue weighted by Gasteiger charge is 2.26. The molecule has 0 aliphatic carbocycles. The molecule has 20 heavy (non-hydrogen) atoms. The Morgan fingerprint density at radius 2 is 2.10 bits per heavy atom. The SMILES string of the molecule is CC(C)NCCCN(C)S(=O)(=O)NC1CCOC(C)C1. The lowest BCUT2D eigenvalue weighted by atomic mass is 10.1. The third-order valence-corrected chi connectivity index (χ3v) is 5.05. The van der Waals surface area contributed by atoms with Gasteiger partial charge in [-0.3, -0.25) is 0 Å². The van der Waals surface area contributed by atoms with Crippen LogP contribution in [-0.2, 0) is 14.9 Å². The summed E-state index contributed by atoms with van der Waals surface area (Å²) in [6.45, 7) is 8.10. The molecule has 2 N–H and O–H groups in total. The molecule has 7 heteroatoms. The summed E-state index contributed by atoms with van der Waals surface area (Å²) >= 11 is 0. The Balaban J connectivity index is 2.34. The maximum Gasteiger partial charge on any atom is 0.279 e. The van der Waals surface area contributed by atoms with Gasteiger partial charge in [0.15, 0.2) is 0 Å². The van der Waals surface area contributed by atoms with Crippen molar-refractivity contribution in [2.24, 2.45) is 0 Å². The van der Waals surface area contributed by atoms with E-state index in [0.717, 1.165) is 25.8 Å². The van der Waals surface area contributed by atoms with Crippen LogP contribution >= 0.6 is 0 Å². The first kappa shape index (κ1) is 17.8. The van der Waals surface area contributed by atoms with E-state index < -0.39 is 10.2 Å². The summed E-state index contributed by atoms with van der Waals surface area (Å²) in [4.78, 5) is 0. The van der Waals surface area contributed by atoms with Crippen LogP contribution in [0.5, 0.6) is 0 Å². The molecule has 1 rings (SSSR count). The summed E-state index contributed by atoms with van der Waals surface area (Å²) < 4.78 is 34.0. The predicted octanol–water partition coefficient (Wildman–Crippen LogP) is 0.708. The summed E-state index contributed by atoms with van der Waals surface area (Å²) in [5.41, 5.74) is 0. The fourth-order valence-corrected chi connectivity index (χ4v) is 3.40. The van der Waals surface area contributed by atoms with Gasteiger partial charge in [-0.2, -0.15) is 17.4 Å². The lowest BCUT2D eigenvalue weighted by Gasteiger charge is -2.29. The molecule has 0 amide bonds. The van der Waals surface area contributed by atoms with Crippen LogP contribution in [-0.4, -0.2) is 57.7 Å². The molecule has 1 aliphatic rings. The molecule has 0 spiro atoms. The van der Waals surface area contributed by atoms with Crippen molar-refractivity contribution in [3.05, 3.63) is 0 Å². The van der Waals surface area contributed by atoms with E-state index in [9.17, 15) is 8.42 Å². The second kappa shape index (κ2) is 8.29. The molecule has 0 saturated carbocycles. The number of hydrogen-bond donors (Lipinski definition) is 2. The standard InChI is InChI=1S/C13H29N3O3S/c1-11(2)14-7-5-8-16(4)20(17,18)15-13-6-9-19-12(3)10-13/h11-15H,5-10H2,1-4H3. The van der Waals surface area contributed by atoms with Crippen LogP contribution in [0.2, 0.25) is 0 Å². The summed E-state index contributed by atoms with van der Waals surface area (Å²) in [6, 6.07) is 0.416. The van der Waals surface area contributed by atoms with Crippen molar-refractivity contribution < 1.29 is 13.2 Å². The lowest BCUT2D eigenvalue weighted by molar-refractivity contribution is 0.0171. The van der Waals surface area contributed by atoms with Gasteiger partial charge in [-0.05, 0) is 32.7 Å². The smallest absolute Gasteiger partial charge is 0.279 e. The minimum absolute atomic E-state index is 0.0139. The molecule has 1 aliphatic heterocycles. The molecule has 0 radical (unpaired) electrons. The Morgan fingerprint density at radius 1 is 1.40 bits per heavy atom. The maximum absolute atomic E-state index is 12.2. The molecule has 1 heterocycles. The Kier molecular flexibility index (Phi) is 7.39. The van der Waals surface area contributed by atoms with Crippen LogP contribution in [0.3, 0.4) is 0 Å². The van der Waals surface area contributed by atoms with Crippen molar-refractivity contribution in [2.75, 3.05) is 26.7 Å². The van der Waals surface area contributed by atoms with E-state index in [0.29, 0.717) is 19.2 Å². The van der Waals surface area contributed by atoms with E-state index in [4.69, 9.17) is 4.74 Å². The number of nitrogens with one attached hydrogen (secondary N) is 2. The molecule has 2 unspecified atom stereocenters. The van der Waals surface area contributed by atoms with Crippen LogP contribution in [0.4, 0.5) is 0 Å². The molecular weight excluding hydrogens is 278 g/mol. The van der Waals surface area contributed by atoms with Crippen molar-refractivity contribution in [2.45, 2.75) is 58.2 Å². The molecule has 1 fully saturated rings. The highest BCUT2D eigenvalue weighted by Crippen LogP contribution is 2.14. The van der Waals surface area contributed by atoms with Crippen LogP contribution in [0.25, 0.3) is 0 Å². The first-order valence-electron chi connectivity index (χ1n) is 7.40. The number of ether oxygens (including phenoxy) is 1. The molecule has 2 atom stereocenters. The first-order chi connectivity index (χ1) is 9.31. The zero-order chi connectivity index (χ0) is 15.2. The van der Waals surface area contributed by atoms with E-state index in [1.165, 1.54) is 4.31 Å². The zero-order valence-electron chi connectivity index (χ0n) is 13.1. The lowest BCUT2D eigenvalue weighted by Crippen LogP contribution is -2.47. The highest BCUT2D eigenvalue weighted by molar-refractivity contribution is 7.87. The van der Waals surface area contributed by atoms with Gasteiger partial charge in [0.2, 0.25) is 0 Å². The minimum atomic E-state index is -3.38. The minimum Gasteiger partial charge on any atom is -0.378 e. The van der Waals surface area contributed by atoms with Crippen LogP contribution in [0.1, 0.15) is 40.0 Å². The molecule has 6 nitrogen and oxygen atoms in total. The van der Waals surface area contributed by atoms with Crippen molar-refractivity contribution in [1.29, 1.82) is 0 Å². The van der Waals surface area contributed by atoms with E-state index in [1.807, 2.05) is 6.92 Å². The molecule has 1 saturated heterocycles. The monoisotopic (exact) mass is 307 g/mol. The normalized spacial score (nSPS) is 24.5. The Hall–Kier alpha value is -0.210. The van der Waals surface area contributed by atoms with Gasteiger partial charge in [-0.1, -0.05) is 13.8 Å². The average Bonchev–Trinajstić information content (AvgIpc) is 2.33. The van der Waals surface area contributed by atoms with E-state index in [2.05, 4.69) is 23.9 Å². The molecule has 0 aromatic rings. The molecule has 0 aromatic heterocycles. The largest absolute Gasteiger partial charge is 0.378 e. The molecule has 120 valence electrons. The molecular formula is C13H29N3O3S. The fraction of sp³-hybridized carbons (Fsp3) is 1.00. The Bertz CT molecular complexity index is 373. The van der Waals surface area contributed by atoms with Gasteiger partial charge in [0, 0.05) is 32.3 Å². The average molecular weight is 307 g/mol. The number of rotatable bonds is 8. The summed E-state index contributed by atoms with van der Waals surface area (Å²) in [5, 5.41) is 3.28. The second-order valence-corrected chi connectivity index (χ2v) is 7.62. The second-order valence-electron chi connectivity index (χ2n) is 5.81. The van der Waals surface area contributed by atoms with Gasteiger partial charge in [0.05, 0.1) is 6.10 Å². The van der Waals surface area contributed by atoms with Crippen molar-refractivity contribution in [3.8, 4) is 0 Å². The zero-order valence-corrected chi connectivity index (χ0v) is 13.9. The number of hydrogen-bond acceptors (Lipinski definition) is 4. The first-order valence-corrected chi connectivity index (χ1v) is 8.84. The predicted molar refractivity (Wildman–Crippen MR) is 80.9 cm³/mol. The highest BCUT2D eigenvalue weighted by atomic mass is 32.2. The van der Waals surface area contributed by atoms with Gasteiger partial charge < -0.3 is 10.1 Å². The Morgan fingerprint density at radius 3 is 2.70 bits per heavy atom. The topological polar surface area (TPSA) is 70.7 Å². The van der Waals surface area contributed by atoms with Crippen molar-refractivity contribution in [1.82, 2.24) is 14.3 Å². The summed E-state index contributed by atoms with van der Waals surface area (Å²) in [6.07, 6.45) is 2.41. The summed E-state index contributed by atoms with van der Waals surface area (Å²) in [5.74, 6) is 0. The van der Waals surface area contributed by atoms with Gasteiger partial charge in [-0.25, -0.2) is 0 Å². The molecule has 0 aromatic carbocycles. The summed E-state index contributed by atoms with van der Waals surface area (Å²) in [7, 11) is -1.76. The van der Waals surface area contributed by atoms with Crippen LogP contribution in [0, 0.1) is 0 Å². The Labute approximate surface area is 123 Å². The fourth-order valence-electron chi connectivity index (χ4n) is 2.22. The maximum atomic E-state index is 12.2. The van der Waals surface area contributed by atoms with Gasteiger partial charge in [0.25, 0.3) is 10.2 Å². The van der Waals surface area contributed by atoms with Crippen molar-refractivity contribution in [3.63, 3.8) is 0 Å². The van der Waals surface area contributed by atoms with Gasteiger partial charge in [-0.15, -0.1) is 0 Å². The van der Waals surface area contributed by atoms with Crippen LogP contribution < -0.4 is 10.0 Å². The van der Waals surface area contributed by atoms with Gasteiger partial charge >= 0.3 is 0 Å². The third-order valence-electron chi connectivity index (χ3n) is 3.41. The van der Waals surface area contributed by atoms with E-state index in [1.54, 1.807) is 7.05 Å². The third kappa shape index (κ3) is 6.49.